The van der Waals surface area contributed by atoms with Gasteiger partial charge in [-0.3, -0.25) is 0 Å². The first-order chi connectivity index (χ1) is 5.41. The minimum atomic E-state index is -2.14. The zero-order valence-corrected chi connectivity index (χ0v) is 6.52. The second kappa shape index (κ2) is 2.66. The predicted octanol–water partition coefficient (Wildman–Crippen LogP) is 0.255. The van der Waals surface area contributed by atoms with Gasteiger partial charge >= 0.3 is 0 Å². The van der Waals surface area contributed by atoms with Crippen LogP contribution in [0.4, 0.5) is 0 Å². The number of rotatable bonds is 1. The molecule has 0 radical (unpaired) electrons. The largest absolute Gasteiger partial charge is 0.508 e. The van der Waals surface area contributed by atoms with Gasteiger partial charge in [0, 0.05) is 0 Å². The van der Waals surface area contributed by atoms with Crippen molar-refractivity contribution in [3.8, 4) is 11.5 Å². The maximum atomic E-state index is 9.14. The minimum absolute atomic E-state index is 0.123. The van der Waals surface area contributed by atoms with Crippen molar-refractivity contribution < 1.29 is 20.4 Å². The first kappa shape index (κ1) is 8.83. The van der Waals surface area contributed by atoms with E-state index >= 15 is 0 Å². The standard InChI is InChI=1S/C8H10O4/c1-8(11,12)6-4-5(9)2-3-7(6)10/h2-4,9-12H,1H3. The molecular weight excluding hydrogens is 160 g/mol. The topological polar surface area (TPSA) is 80.9 Å². The smallest absolute Gasteiger partial charge is 0.190 e. The second-order valence-corrected chi connectivity index (χ2v) is 2.72. The number of aliphatic hydroxyl groups is 2. The Morgan fingerprint density at radius 2 is 1.75 bits per heavy atom. The van der Waals surface area contributed by atoms with Crippen molar-refractivity contribution in [1.82, 2.24) is 0 Å². The maximum absolute atomic E-state index is 9.14. The molecule has 0 heterocycles. The molecule has 0 aliphatic heterocycles. The molecule has 0 unspecified atom stereocenters. The fourth-order valence-corrected chi connectivity index (χ4v) is 0.903. The molecule has 4 N–H and O–H groups in total. The lowest BCUT2D eigenvalue weighted by Gasteiger charge is -2.17. The Hall–Kier alpha value is -1.26. The van der Waals surface area contributed by atoms with Gasteiger partial charge in [-0.15, -0.1) is 0 Å². The lowest BCUT2D eigenvalue weighted by molar-refractivity contribution is -0.153. The average molecular weight is 170 g/mol. The zero-order valence-electron chi connectivity index (χ0n) is 6.52. The molecule has 1 aromatic rings. The summed E-state index contributed by atoms with van der Waals surface area (Å²) in [7, 11) is 0. The maximum Gasteiger partial charge on any atom is 0.190 e. The van der Waals surface area contributed by atoms with E-state index in [4.69, 9.17) is 20.4 Å². The molecule has 0 atom stereocenters. The summed E-state index contributed by atoms with van der Waals surface area (Å²) in [6, 6.07) is 3.54. The van der Waals surface area contributed by atoms with E-state index in [1.807, 2.05) is 0 Å². The van der Waals surface area contributed by atoms with Crippen LogP contribution >= 0.6 is 0 Å². The number of hydrogen-bond acceptors (Lipinski definition) is 4. The van der Waals surface area contributed by atoms with Crippen LogP contribution in [-0.4, -0.2) is 20.4 Å². The summed E-state index contributed by atoms with van der Waals surface area (Å²) in [6.45, 7) is 1.10. The average Bonchev–Trinajstić information content (AvgIpc) is 1.92. The van der Waals surface area contributed by atoms with Crippen LogP contribution in [0.1, 0.15) is 12.5 Å². The number of aromatic hydroxyl groups is 2. The molecule has 0 spiro atoms. The molecular formula is C8H10O4. The fraction of sp³-hybridized carbons (Fsp3) is 0.250. The zero-order chi connectivity index (χ0) is 9.35. The van der Waals surface area contributed by atoms with Gasteiger partial charge in [-0.2, -0.15) is 0 Å². The van der Waals surface area contributed by atoms with Gasteiger partial charge < -0.3 is 20.4 Å². The third-order valence-electron chi connectivity index (χ3n) is 1.49. The fourth-order valence-electron chi connectivity index (χ4n) is 0.903. The Bertz CT molecular complexity index is 288. The van der Waals surface area contributed by atoms with Crippen molar-refractivity contribution >= 4 is 0 Å². The highest BCUT2D eigenvalue weighted by Crippen LogP contribution is 2.29. The molecule has 0 aromatic heterocycles. The van der Waals surface area contributed by atoms with Gasteiger partial charge in [0.15, 0.2) is 5.79 Å². The van der Waals surface area contributed by atoms with Gasteiger partial charge in [0.05, 0.1) is 5.56 Å². The molecule has 4 nitrogen and oxygen atoms in total. The number of hydrogen-bond donors (Lipinski definition) is 4. The number of benzene rings is 1. The molecule has 4 heteroatoms. The van der Waals surface area contributed by atoms with Gasteiger partial charge in [0.2, 0.25) is 0 Å². The highest BCUT2D eigenvalue weighted by molar-refractivity contribution is 5.40. The number of phenols is 2. The van der Waals surface area contributed by atoms with Crippen molar-refractivity contribution in [2.45, 2.75) is 12.7 Å². The highest BCUT2D eigenvalue weighted by Gasteiger charge is 2.22. The monoisotopic (exact) mass is 170 g/mol. The van der Waals surface area contributed by atoms with Crippen LogP contribution < -0.4 is 0 Å². The lowest BCUT2D eigenvalue weighted by Crippen LogP contribution is -2.19. The Morgan fingerprint density at radius 3 is 2.17 bits per heavy atom. The molecule has 0 bridgehead atoms. The quantitative estimate of drug-likeness (QED) is 0.360. The second-order valence-electron chi connectivity index (χ2n) is 2.72. The Labute approximate surface area is 69.3 Å². The van der Waals surface area contributed by atoms with Crippen LogP contribution in [0.3, 0.4) is 0 Å². The molecule has 1 aromatic carbocycles. The SMILES string of the molecule is CC(O)(O)c1cc(O)ccc1O. The molecule has 0 fully saturated rings. The highest BCUT2D eigenvalue weighted by atomic mass is 16.5. The molecule has 12 heavy (non-hydrogen) atoms. The van der Waals surface area contributed by atoms with Gasteiger partial charge in [0.25, 0.3) is 0 Å². The summed E-state index contributed by atoms with van der Waals surface area (Å²) >= 11 is 0. The van der Waals surface area contributed by atoms with Crippen LogP contribution in [0.15, 0.2) is 18.2 Å². The molecule has 0 saturated heterocycles. The third-order valence-corrected chi connectivity index (χ3v) is 1.49. The van der Waals surface area contributed by atoms with E-state index in [2.05, 4.69) is 0 Å². The molecule has 0 amide bonds. The van der Waals surface area contributed by atoms with Crippen molar-refractivity contribution in [2.24, 2.45) is 0 Å². The Balaban J connectivity index is 3.23. The van der Waals surface area contributed by atoms with Gasteiger partial charge in [-0.05, 0) is 25.1 Å². The molecule has 66 valence electrons. The van der Waals surface area contributed by atoms with E-state index in [-0.39, 0.29) is 17.1 Å². The predicted molar refractivity (Wildman–Crippen MR) is 41.6 cm³/mol. The van der Waals surface area contributed by atoms with E-state index < -0.39 is 5.79 Å². The van der Waals surface area contributed by atoms with Gasteiger partial charge in [0.1, 0.15) is 11.5 Å². The van der Waals surface area contributed by atoms with Crippen molar-refractivity contribution in [3.05, 3.63) is 23.8 Å². The van der Waals surface area contributed by atoms with Gasteiger partial charge in [-0.1, -0.05) is 0 Å². The van der Waals surface area contributed by atoms with E-state index in [9.17, 15) is 0 Å². The minimum Gasteiger partial charge on any atom is -0.508 e. The lowest BCUT2D eigenvalue weighted by atomic mass is 10.1. The summed E-state index contributed by atoms with van der Waals surface area (Å²) in [4.78, 5) is 0. The Kier molecular flexibility index (Phi) is 1.95. The first-order valence-electron chi connectivity index (χ1n) is 3.38. The molecule has 0 aliphatic rings. The van der Waals surface area contributed by atoms with Crippen LogP contribution in [0.5, 0.6) is 11.5 Å². The Morgan fingerprint density at radius 1 is 1.17 bits per heavy atom. The summed E-state index contributed by atoms with van der Waals surface area (Å²) in [6.07, 6.45) is 0. The van der Waals surface area contributed by atoms with Crippen LogP contribution in [0.25, 0.3) is 0 Å². The molecule has 0 saturated carbocycles. The normalized spacial score (nSPS) is 11.6. The van der Waals surface area contributed by atoms with Crippen molar-refractivity contribution in [1.29, 1.82) is 0 Å². The van der Waals surface area contributed by atoms with Crippen LogP contribution in [0, 0.1) is 0 Å². The summed E-state index contributed by atoms with van der Waals surface area (Å²) in [5.74, 6) is -2.53. The first-order valence-corrected chi connectivity index (χ1v) is 3.38. The summed E-state index contributed by atoms with van der Waals surface area (Å²) in [5, 5.41) is 36.3. The van der Waals surface area contributed by atoms with Crippen molar-refractivity contribution in [2.75, 3.05) is 0 Å². The van der Waals surface area contributed by atoms with Crippen LogP contribution in [-0.2, 0) is 5.79 Å². The summed E-state index contributed by atoms with van der Waals surface area (Å²) in [5.41, 5.74) is -0.123. The molecule has 1 rings (SSSR count). The van der Waals surface area contributed by atoms with E-state index in [0.29, 0.717) is 0 Å². The number of phenolic OH excluding ortho intramolecular Hbond substituents is 2. The van der Waals surface area contributed by atoms with Gasteiger partial charge in [-0.25, -0.2) is 0 Å². The summed E-state index contributed by atoms with van der Waals surface area (Å²) < 4.78 is 0. The van der Waals surface area contributed by atoms with E-state index in [1.54, 1.807) is 0 Å². The van der Waals surface area contributed by atoms with E-state index in [0.717, 1.165) is 13.0 Å². The molecule has 0 aliphatic carbocycles. The third kappa shape index (κ3) is 1.66. The van der Waals surface area contributed by atoms with Crippen LogP contribution in [0.2, 0.25) is 0 Å². The van der Waals surface area contributed by atoms with Crippen molar-refractivity contribution in [3.63, 3.8) is 0 Å². The van der Waals surface area contributed by atoms with E-state index in [1.165, 1.54) is 12.1 Å².